The Morgan fingerprint density at radius 3 is 2.07 bits per heavy atom. The lowest BCUT2D eigenvalue weighted by molar-refractivity contribution is -0.206. The molecule has 0 spiro atoms. The Morgan fingerprint density at radius 2 is 1.64 bits per heavy atom. The fourth-order valence-corrected chi connectivity index (χ4v) is 0.871. The summed E-state index contributed by atoms with van der Waals surface area (Å²) >= 11 is 0. The molecule has 1 aromatic carbocycles. The van der Waals surface area contributed by atoms with Crippen LogP contribution in [0.3, 0.4) is 0 Å². The molecule has 0 aromatic heterocycles. The van der Waals surface area contributed by atoms with Crippen LogP contribution >= 0.6 is 0 Å². The highest BCUT2D eigenvalue weighted by Gasteiger charge is 2.39. The summed E-state index contributed by atoms with van der Waals surface area (Å²) in [6, 6.07) is 1.52. The Labute approximate surface area is 75.8 Å². The number of aliphatic hydroxyl groups excluding tert-OH is 1. The van der Waals surface area contributed by atoms with Crippen molar-refractivity contribution in [2.24, 2.45) is 0 Å². The van der Waals surface area contributed by atoms with E-state index in [2.05, 4.69) is 0 Å². The van der Waals surface area contributed by atoms with Gasteiger partial charge in [-0.1, -0.05) is 6.07 Å². The topological polar surface area (TPSA) is 20.2 Å². The molecule has 1 N–H and O–H groups in total. The first kappa shape index (κ1) is 10.9. The highest BCUT2D eigenvalue weighted by molar-refractivity contribution is 5.21. The number of rotatable bonds is 1. The monoisotopic (exact) mass is 212 g/mol. The van der Waals surface area contributed by atoms with Crippen molar-refractivity contribution < 1.29 is 27.1 Å². The molecule has 0 heterocycles. The molecule has 0 saturated heterocycles. The van der Waals surface area contributed by atoms with Crippen LogP contribution in [-0.4, -0.2) is 11.3 Å². The highest BCUT2D eigenvalue weighted by atomic mass is 19.4. The summed E-state index contributed by atoms with van der Waals surface area (Å²) in [4.78, 5) is 0. The van der Waals surface area contributed by atoms with Crippen molar-refractivity contribution >= 4 is 0 Å². The van der Waals surface area contributed by atoms with Crippen molar-refractivity contribution in [3.63, 3.8) is 0 Å². The van der Waals surface area contributed by atoms with Gasteiger partial charge < -0.3 is 5.11 Å². The van der Waals surface area contributed by atoms with Gasteiger partial charge in [0, 0.05) is 0 Å². The molecule has 0 fully saturated rings. The Morgan fingerprint density at radius 1 is 1.07 bits per heavy atom. The van der Waals surface area contributed by atoms with Crippen molar-refractivity contribution in [2.45, 2.75) is 12.3 Å². The Balaban J connectivity index is 3.03. The van der Waals surface area contributed by atoms with Crippen LogP contribution in [0.25, 0.3) is 0 Å². The molecule has 6 heteroatoms. The van der Waals surface area contributed by atoms with Crippen LogP contribution in [0.1, 0.15) is 11.7 Å². The van der Waals surface area contributed by atoms with Gasteiger partial charge in [0.15, 0.2) is 17.7 Å². The van der Waals surface area contributed by atoms with Gasteiger partial charge in [0.25, 0.3) is 0 Å². The van der Waals surface area contributed by atoms with Crippen LogP contribution in [0, 0.1) is 11.6 Å². The van der Waals surface area contributed by atoms with Gasteiger partial charge in [0.1, 0.15) is 0 Å². The van der Waals surface area contributed by atoms with E-state index in [1.807, 2.05) is 0 Å². The van der Waals surface area contributed by atoms with Gasteiger partial charge in [-0.15, -0.1) is 0 Å². The molecule has 78 valence electrons. The molecule has 0 unspecified atom stereocenters. The maximum Gasteiger partial charge on any atom is 0.418 e. The number of benzene rings is 1. The van der Waals surface area contributed by atoms with E-state index < -0.39 is 29.5 Å². The lowest BCUT2D eigenvalue weighted by atomic mass is 10.1. The summed E-state index contributed by atoms with van der Waals surface area (Å²) in [6.07, 6.45) is -7.68. The number of halogens is 5. The van der Waals surface area contributed by atoms with E-state index in [0.717, 1.165) is 0 Å². The number of alkyl halides is 3. The lowest BCUT2D eigenvalue weighted by Crippen LogP contribution is -2.20. The number of aliphatic hydroxyl groups is 1. The number of hydrogen-bond acceptors (Lipinski definition) is 1. The zero-order valence-corrected chi connectivity index (χ0v) is 6.65. The summed E-state index contributed by atoms with van der Waals surface area (Å²) < 4.78 is 60.5. The molecule has 0 bridgehead atoms. The highest BCUT2D eigenvalue weighted by Crippen LogP contribution is 2.32. The maximum absolute atomic E-state index is 12.5. The average molecular weight is 212 g/mol. The molecule has 14 heavy (non-hydrogen) atoms. The third-order valence-corrected chi connectivity index (χ3v) is 1.57. The quantitative estimate of drug-likeness (QED) is 0.709. The van der Waals surface area contributed by atoms with Gasteiger partial charge in [0.05, 0.1) is 0 Å². The molecular weight excluding hydrogens is 207 g/mol. The van der Waals surface area contributed by atoms with Crippen molar-refractivity contribution in [1.29, 1.82) is 0 Å². The Kier molecular flexibility index (Phi) is 2.75. The van der Waals surface area contributed by atoms with Crippen molar-refractivity contribution in [3.05, 3.63) is 35.4 Å². The summed E-state index contributed by atoms with van der Waals surface area (Å²) in [5, 5.41) is 8.66. The SMILES string of the molecule is O[C@@H](c1ccc(F)c(F)c1)C(F)(F)F. The number of hydrogen-bond donors (Lipinski definition) is 1. The Bertz CT molecular complexity index is 333. The predicted molar refractivity (Wildman–Crippen MR) is 37.4 cm³/mol. The minimum Gasteiger partial charge on any atom is -0.379 e. The molecule has 1 atom stereocenters. The third kappa shape index (κ3) is 2.20. The maximum atomic E-state index is 12.5. The van der Waals surface area contributed by atoms with Crippen molar-refractivity contribution in [1.82, 2.24) is 0 Å². The summed E-state index contributed by atoms with van der Waals surface area (Å²) in [5.74, 6) is -2.69. The van der Waals surface area contributed by atoms with Gasteiger partial charge in [0.2, 0.25) is 0 Å². The van der Waals surface area contributed by atoms with Gasteiger partial charge >= 0.3 is 6.18 Å². The molecule has 0 aliphatic rings. The van der Waals surface area contributed by atoms with Gasteiger partial charge in [-0.2, -0.15) is 13.2 Å². The Hall–Kier alpha value is -1.17. The van der Waals surface area contributed by atoms with Crippen LogP contribution in [-0.2, 0) is 0 Å². The zero-order chi connectivity index (χ0) is 10.9. The van der Waals surface area contributed by atoms with Crippen LogP contribution in [0.15, 0.2) is 18.2 Å². The van der Waals surface area contributed by atoms with E-state index in [0.29, 0.717) is 18.2 Å². The van der Waals surface area contributed by atoms with Crippen LogP contribution in [0.5, 0.6) is 0 Å². The molecule has 1 nitrogen and oxygen atoms in total. The average Bonchev–Trinajstić information content (AvgIpc) is 2.07. The molecule has 0 aliphatic heterocycles. The standard InChI is InChI=1S/C8H5F5O/c9-5-2-1-4(3-6(5)10)7(14)8(11,12)13/h1-3,7,14H/t7-/m0/s1. The fraction of sp³-hybridized carbons (Fsp3) is 0.250. The molecular formula is C8H5F5O. The minimum absolute atomic E-state index is 0.313. The first-order valence-corrected chi connectivity index (χ1v) is 3.52. The molecule has 1 rings (SSSR count). The van der Waals surface area contributed by atoms with E-state index in [4.69, 9.17) is 5.11 Å². The second-order valence-corrected chi connectivity index (χ2v) is 2.62. The first-order valence-electron chi connectivity index (χ1n) is 3.52. The second-order valence-electron chi connectivity index (χ2n) is 2.62. The summed E-state index contributed by atoms with van der Waals surface area (Å²) in [7, 11) is 0. The van der Waals surface area contributed by atoms with E-state index in [9.17, 15) is 22.0 Å². The molecule has 0 saturated carbocycles. The fourth-order valence-electron chi connectivity index (χ4n) is 0.871. The van der Waals surface area contributed by atoms with E-state index in [1.165, 1.54) is 0 Å². The first-order chi connectivity index (χ1) is 6.32. The van der Waals surface area contributed by atoms with Crippen LogP contribution < -0.4 is 0 Å². The van der Waals surface area contributed by atoms with Crippen LogP contribution in [0.2, 0.25) is 0 Å². The van der Waals surface area contributed by atoms with E-state index in [-0.39, 0.29) is 0 Å². The van der Waals surface area contributed by atoms with Gasteiger partial charge in [-0.05, 0) is 17.7 Å². The van der Waals surface area contributed by atoms with Crippen molar-refractivity contribution in [2.75, 3.05) is 0 Å². The molecule has 0 radical (unpaired) electrons. The predicted octanol–water partition coefficient (Wildman–Crippen LogP) is 2.56. The van der Waals surface area contributed by atoms with Crippen LogP contribution in [0.4, 0.5) is 22.0 Å². The summed E-state index contributed by atoms with van der Waals surface area (Å²) in [6.45, 7) is 0. The van der Waals surface area contributed by atoms with E-state index in [1.54, 1.807) is 0 Å². The zero-order valence-electron chi connectivity index (χ0n) is 6.65. The molecule has 0 amide bonds. The third-order valence-electron chi connectivity index (χ3n) is 1.57. The van der Waals surface area contributed by atoms with E-state index >= 15 is 0 Å². The summed E-state index contributed by atoms with van der Waals surface area (Å²) in [5.41, 5.74) is -0.726. The van der Waals surface area contributed by atoms with Gasteiger partial charge in [-0.25, -0.2) is 8.78 Å². The smallest absolute Gasteiger partial charge is 0.379 e. The van der Waals surface area contributed by atoms with Crippen molar-refractivity contribution in [3.8, 4) is 0 Å². The van der Waals surface area contributed by atoms with Gasteiger partial charge in [-0.3, -0.25) is 0 Å². The lowest BCUT2D eigenvalue weighted by Gasteiger charge is -2.14. The minimum atomic E-state index is -4.88. The molecule has 1 aromatic rings. The normalized spacial score (nSPS) is 14.1. The largest absolute Gasteiger partial charge is 0.418 e. The molecule has 0 aliphatic carbocycles. The second kappa shape index (κ2) is 3.53.